The van der Waals surface area contributed by atoms with Crippen molar-refractivity contribution in [3.05, 3.63) is 138 Å². The molecule has 10 heteroatoms. The first-order valence-corrected chi connectivity index (χ1v) is 15.9. The summed E-state index contributed by atoms with van der Waals surface area (Å²) in [7, 11) is 0. The number of pyridine rings is 2. The first-order valence-electron chi connectivity index (χ1n) is 14.3. The number of rotatable bonds is 7. The van der Waals surface area contributed by atoms with Gasteiger partial charge in [-0.1, -0.05) is 107 Å². The van der Waals surface area contributed by atoms with Crippen LogP contribution < -0.4 is 11.1 Å². The molecule has 2 heterocycles. The highest BCUT2D eigenvalue weighted by Crippen LogP contribution is 2.33. The minimum atomic E-state index is -1.03. The molecule has 0 saturated heterocycles. The predicted molar refractivity (Wildman–Crippen MR) is 201 cm³/mol. The summed E-state index contributed by atoms with van der Waals surface area (Å²) in [6.07, 6.45) is -0.377. The third-order valence-electron chi connectivity index (χ3n) is 7.22. The van der Waals surface area contributed by atoms with Crippen LogP contribution in [0.3, 0.4) is 0 Å². The van der Waals surface area contributed by atoms with Crippen LogP contribution >= 0.6 is 31.9 Å². The largest absolute Gasteiger partial charge is 0.481 e. The van der Waals surface area contributed by atoms with Crippen molar-refractivity contribution in [3.63, 3.8) is 0 Å². The molecule has 0 fully saturated rings. The van der Waals surface area contributed by atoms with E-state index in [4.69, 9.17) is 9.84 Å². The van der Waals surface area contributed by atoms with E-state index in [2.05, 4.69) is 41.8 Å². The molecule has 3 N–H and O–H groups in total. The minimum Gasteiger partial charge on any atom is -0.481 e. The SMILES string of the molecule is C.C.CCOC(=O)Cc1c(-c2cccc(Br)c2)c2ccccc2[nH]c1=O.O=C(O)Cc1c(-c2cccc(Br)c2)c2ccccc2[nH]c1=O. The number of carboxylic acid groups (broad SMARTS) is 1. The minimum absolute atomic E-state index is 0. The van der Waals surface area contributed by atoms with E-state index in [0.717, 1.165) is 41.9 Å². The second kappa shape index (κ2) is 16.9. The Morgan fingerprint density at radius 1 is 0.667 bits per heavy atom. The molecular weight excluding hydrogens is 740 g/mol. The van der Waals surface area contributed by atoms with Crippen LogP contribution in [-0.4, -0.2) is 33.6 Å². The number of para-hydroxylation sites is 2. The second-order valence-electron chi connectivity index (χ2n) is 10.3. The summed E-state index contributed by atoms with van der Waals surface area (Å²) in [4.78, 5) is 53.6. The molecule has 0 amide bonds. The van der Waals surface area contributed by atoms with Gasteiger partial charge in [-0.2, -0.15) is 0 Å². The van der Waals surface area contributed by atoms with Gasteiger partial charge in [0, 0.05) is 53.0 Å². The van der Waals surface area contributed by atoms with E-state index in [1.807, 2.05) is 97.1 Å². The molecule has 0 aliphatic carbocycles. The molecule has 8 nitrogen and oxygen atoms in total. The van der Waals surface area contributed by atoms with Crippen LogP contribution in [0.1, 0.15) is 32.9 Å². The van der Waals surface area contributed by atoms with Gasteiger partial charge in [-0.15, -0.1) is 0 Å². The number of aromatic nitrogens is 2. The monoisotopic (exact) mass is 774 g/mol. The highest BCUT2D eigenvalue weighted by molar-refractivity contribution is 9.10. The summed E-state index contributed by atoms with van der Waals surface area (Å²) in [6, 6.07) is 30.2. The number of hydrogen-bond donors (Lipinski definition) is 3. The predicted octanol–water partition coefficient (Wildman–Crippen LogP) is 8.92. The smallest absolute Gasteiger partial charge is 0.310 e. The lowest BCUT2D eigenvalue weighted by atomic mass is 9.95. The Hall–Kier alpha value is -4.80. The Balaban J connectivity index is 0.000000251. The normalized spacial score (nSPS) is 10.3. The molecule has 0 aliphatic rings. The third kappa shape index (κ3) is 8.56. The summed E-state index contributed by atoms with van der Waals surface area (Å²) in [5, 5.41) is 10.9. The van der Waals surface area contributed by atoms with Gasteiger partial charge >= 0.3 is 11.9 Å². The fraction of sp³-hybridized carbons (Fsp3) is 0.158. The standard InChI is InChI=1S/C19H16BrNO3.C17H12BrNO3.2CH4/c1-2-24-17(22)11-15-18(12-6-5-7-13(20)10-12)14-8-3-4-9-16(14)21-19(15)23;18-11-5-3-4-10(8-11)16-12-6-1-2-7-14(12)19-17(22)13(16)9-15(20)21;;/h3-10H,2,11H2,1H3,(H,21,23);1-8H,9H2,(H,19,22)(H,20,21);2*1H4. The molecule has 4 aromatic carbocycles. The molecule has 6 aromatic rings. The lowest BCUT2D eigenvalue weighted by Gasteiger charge is -2.13. The van der Waals surface area contributed by atoms with Gasteiger partial charge in [-0.3, -0.25) is 19.2 Å². The average Bonchev–Trinajstić information content (AvgIpc) is 3.02. The molecule has 0 spiro atoms. The Morgan fingerprint density at radius 3 is 1.52 bits per heavy atom. The van der Waals surface area contributed by atoms with E-state index in [1.165, 1.54) is 0 Å². The van der Waals surface area contributed by atoms with Crippen molar-refractivity contribution in [2.75, 3.05) is 6.61 Å². The molecule has 48 heavy (non-hydrogen) atoms. The topological polar surface area (TPSA) is 129 Å². The number of esters is 1. The molecule has 0 unspecified atom stereocenters. The Morgan fingerprint density at radius 2 is 1.10 bits per heavy atom. The zero-order valence-corrected chi connectivity index (χ0v) is 27.8. The van der Waals surface area contributed by atoms with Crippen molar-refractivity contribution in [2.24, 2.45) is 0 Å². The van der Waals surface area contributed by atoms with Gasteiger partial charge in [-0.05, 0) is 54.4 Å². The van der Waals surface area contributed by atoms with Crippen LogP contribution in [0.15, 0.2) is 116 Å². The number of ether oxygens (including phenoxy) is 1. The van der Waals surface area contributed by atoms with Crippen molar-refractivity contribution in [1.29, 1.82) is 0 Å². The molecule has 0 saturated carbocycles. The lowest BCUT2D eigenvalue weighted by molar-refractivity contribution is -0.142. The molecule has 0 radical (unpaired) electrons. The van der Waals surface area contributed by atoms with E-state index in [1.54, 1.807) is 6.92 Å². The number of nitrogens with one attached hydrogen (secondary N) is 2. The third-order valence-corrected chi connectivity index (χ3v) is 8.21. The van der Waals surface area contributed by atoms with Crippen LogP contribution in [0.2, 0.25) is 0 Å². The van der Waals surface area contributed by atoms with Crippen LogP contribution in [-0.2, 0) is 27.2 Å². The van der Waals surface area contributed by atoms with E-state index >= 15 is 0 Å². The number of carbonyl (C=O) groups excluding carboxylic acids is 1. The maximum atomic E-state index is 12.6. The Bertz CT molecular complexity index is 2210. The van der Waals surface area contributed by atoms with Crippen molar-refractivity contribution < 1.29 is 19.4 Å². The molecule has 248 valence electrons. The van der Waals surface area contributed by atoms with Crippen molar-refractivity contribution in [3.8, 4) is 22.3 Å². The van der Waals surface area contributed by atoms with Crippen molar-refractivity contribution in [2.45, 2.75) is 34.6 Å². The summed E-state index contributed by atoms with van der Waals surface area (Å²) in [5.41, 5.74) is 4.62. The molecule has 2 aromatic heterocycles. The van der Waals surface area contributed by atoms with Crippen molar-refractivity contribution >= 4 is 65.6 Å². The highest BCUT2D eigenvalue weighted by Gasteiger charge is 2.19. The van der Waals surface area contributed by atoms with Gasteiger partial charge in [0.25, 0.3) is 11.1 Å². The summed E-state index contributed by atoms with van der Waals surface area (Å²) >= 11 is 6.88. The van der Waals surface area contributed by atoms with Crippen LogP contribution in [0.5, 0.6) is 0 Å². The number of benzene rings is 4. The van der Waals surface area contributed by atoms with Gasteiger partial charge < -0.3 is 19.8 Å². The van der Waals surface area contributed by atoms with E-state index in [-0.39, 0.29) is 51.0 Å². The molecule has 0 bridgehead atoms. The van der Waals surface area contributed by atoms with Crippen LogP contribution in [0.4, 0.5) is 0 Å². The molecule has 0 aliphatic heterocycles. The van der Waals surface area contributed by atoms with Gasteiger partial charge in [0.2, 0.25) is 0 Å². The molecule has 6 rings (SSSR count). The molecular formula is C38H36Br2N2O6. The number of carbonyl (C=O) groups is 2. The fourth-order valence-corrected chi connectivity index (χ4v) is 6.16. The maximum Gasteiger partial charge on any atom is 0.310 e. The highest BCUT2D eigenvalue weighted by atomic mass is 79.9. The second-order valence-corrected chi connectivity index (χ2v) is 12.1. The quantitative estimate of drug-likeness (QED) is 0.139. The molecule has 0 atom stereocenters. The van der Waals surface area contributed by atoms with E-state index < -0.39 is 11.9 Å². The Kier molecular flexibility index (Phi) is 13.2. The zero-order valence-electron chi connectivity index (χ0n) is 24.6. The summed E-state index contributed by atoms with van der Waals surface area (Å²) < 4.78 is 6.81. The number of fused-ring (bicyclic) bond motifs is 2. The van der Waals surface area contributed by atoms with E-state index in [0.29, 0.717) is 16.6 Å². The summed E-state index contributed by atoms with van der Waals surface area (Å²) in [5.74, 6) is -1.44. The first-order chi connectivity index (χ1) is 22.2. The fourth-order valence-electron chi connectivity index (χ4n) is 5.36. The number of carboxylic acids is 1. The number of hydrogen-bond acceptors (Lipinski definition) is 5. The number of halogens is 2. The number of aliphatic carboxylic acids is 1. The summed E-state index contributed by atoms with van der Waals surface area (Å²) in [6.45, 7) is 2.04. The number of H-pyrrole nitrogens is 2. The maximum absolute atomic E-state index is 12.6. The van der Waals surface area contributed by atoms with Gasteiger partial charge in [0.1, 0.15) is 0 Å². The van der Waals surface area contributed by atoms with Crippen molar-refractivity contribution in [1.82, 2.24) is 9.97 Å². The number of aromatic amines is 2. The van der Waals surface area contributed by atoms with Gasteiger partial charge in [-0.25, -0.2) is 0 Å². The van der Waals surface area contributed by atoms with Gasteiger partial charge in [0.05, 0.1) is 19.4 Å². The van der Waals surface area contributed by atoms with Gasteiger partial charge in [0.15, 0.2) is 0 Å². The Labute approximate surface area is 295 Å². The van der Waals surface area contributed by atoms with E-state index in [9.17, 15) is 19.2 Å². The average molecular weight is 777 g/mol. The zero-order chi connectivity index (χ0) is 32.8. The van der Waals surface area contributed by atoms with Crippen LogP contribution in [0.25, 0.3) is 44.1 Å². The van der Waals surface area contributed by atoms with Crippen LogP contribution in [0, 0.1) is 0 Å². The lowest BCUT2D eigenvalue weighted by Crippen LogP contribution is -2.19. The first kappa shape index (κ1) is 37.7.